The topological polar surface area (TPSA) is 276 Å². The van der Waals surface area contributed by atoms with E-state index in [4.69, 9.17) is 37.9 Å². The molecule has 0 saturated carbocycles. The molecule has 1 fully saturated rings. The Morgan fingerprint density at radius 1 is 0.704 bits per heavy atom. The number of rotatable bonds is 41. The second-order valence-electron chi connectivity index (χ2n) is 16.6. The Bertz CT molecular complexity index is 1800. The zero-order valence-electron chi connectivity index (χ0n) is 41.3. The van der Waals surface area contributed by atoms with Crippen LogP contribution in [0.2, 0.25) is 0 Å². The lowest BCUT2D eigenvalue weighted by molar-refractivity contribution is -0.310. The number of carboxylic acid groups (broad SMARTS) is 1. The van der Waals surface area contributed by atoms with Crippen LogP contribution in [0.25, 0.3) is 11.1 Å². The number of benzene rings is 2. The molecule has 1 saturated heterocycles. The minimum absolute atomic E-state index is 0.0511. The number of carbonyl (C=O) groups excluding carboxylic acids is 4. The van der Waals surface area contributed by atoms with Crippen LogP contribution in [0.1, 0.15) is 75.6 Å². The van der Waals surface area contributed by atoms with Gasteiger partial charge in [-0.1, -0.05) is 42.5 Å². The molecule has 20 nitrogen and oxygen atoms in total. The second kappa shape index (κ2) is 36.8. The van der Waals surface area contributed by atoms with Crippen LogP contribution < -0.4 is 16.0 Å². The van der Waals surface area contributed by atoms with Crippen LogP contribution in [0.15, 0.2) is 54.6 Å². The van der Waals surface area contributed by atoms with Gasteiger partial charge in [0.15, 0.2) is 0 Å². The molecule has 1 aliphatic heterocycles. The molecule has 0 spiro atoms. The summed E-state index contributed by atoms with van der Waals surface area (Å²) in [6, 6.07) is 15.1. The van der Waals surface area contributed by atoms with E-state index in [2.05, 4.69) is 16.0 Å². The van der Waals surface area contributed by atoms with Crippen molar-refractivity contribution < 1.29 is 82.3 Å². The summed E-state index contributed by atoms with van der Waals surface area (Å²) in [7, 11) is 0. The van der Waals surface area contributed by atoms with Crippen LogP contribution in [0.3, 0.4) is 0 Å². The van der Waals surface area contributed by atoms with Crippen LogP contribution in [0, 0.1) is 0 Å². The smallest absolute Gasteiger partial charge is 0.364 e. The average Bonchev–Trinajstić information content (AvgIpc) is 3.36. The molecule has 3 rings (SSSR count). The quantitative estimate of drug-likeness (QED) is 0.0472. The van der Waals surface area contributed by atoms with Crippen LogP contribution in [0.5, 0.6) is 0 Å². The lowest BCUT2D eigenvalue weighted by Crippen LogP contribution is -2.68. The second-order valence-corrected chi connectivity index (χ2v) is 17.8. The first-order valence-corrected chi connectivity index (χ1v) is 25.6. The fourth-order valence-electron chi connectivity index (χ4n) is 7.23. The zero-order chi connectivity index (χ0) is 51.5. The Morgan fingerprint density at radius 2 is 1.30 bits per heavy atom. The molecular weight excluding hydrogens is 947 g/mol. The molecular formula is C50H77N3O17S. The Hall–Kier alpha value is -4.10. The standard InChI is InChI=1S/C50H77N3O17S/c1-3-63-21-9-14-41(55)13-7-8-15-44(58)51-20-23-64-24-25-65-26-27-66-28-29-67-30-31-68-32-34-71-33-10-22-69-50(49(61)62)35-42(56)45(53-37(2)54)47(70-50)46(59)43(57)36-52-48(60)40-18-16-39(17-19-40)38-11-5-4-6-12-38/h4-6,11-12,16-19,42-43,45-47,56-57,59H,3,7-10,13-15,20-36H2,1-2H3,(H,51,58)(H,52,60)(H,53,54)(H,61,62)/t42-,43+,45+,46+,47+,50+/m0/s1. The highest BCUT2D eigenvalue weighted by atomic mass is 32.2. The van der Waals surface area contributed by atoms with Gasteiger partial charge in [0.25, 0.3) is 11.7 Å². The van der Waals surface area contributed by atoms with E-state index in [1.807, 2.05) is 37.3 Å². The number of thioether (sulfide) groups is 1. The van der Waals surface area contributed by atoms with Crippen LogP contribution in [-0.2, 0) is 57.1 Å². The molecule has 71 heavy (non-hydrogen) atoms. The van der Waals surface area contributed by atoms with Gasteiger partial charge in [-0.15, -0.1) is 0 Å². The number of unbranched alkanes of at least 4 members (excludes halogenated alkanes) is 1. The van der Waals surface area contributed by atoms with Crippen molar-refractivity contribution in [1.82, 2.24) is 16.0 Å². The maximum absolute atomic E-state index is 12.9. The summed E-state index contributed by atoms with van der Waals surface area (Å²) in [6.45, 7) is 8.30. The molecule has 6 atom stereocenters. The fraction of sp³-hybridized carbons (Fsp3) is 0.660. The van der Waals surface area contributed by atoms with Crippen molar-refractivity contribution in [2.75, 3.05) is 110 Å². The third-order valence-corrected chi connectivity index (χ3v) is 12.0. The highest BCUT2D eigenvalue weighted by Gasteiger charge is 2.55. The van der Waals surface area contributed by atoms with Gasteiger partial charge < -0.3 is 74.3 Å². The third kappa shape index (κ3) is 25.4. The SMILES string of the molecule is CCOCCCC(=O)CCCCC(=O)NCCOCCOCCOCCOCCOCCSCCCO[C@]1(C(=O)O)C[C@H](O)[C@@H](NC(C)=O)[C@H]([C@H](O)[C@H](O)CNC(=O)c2ccc(-c3ccccc3)cc2)O1. The first-order chi connectivity index (χ1) is 34.4. The molecule has 1 aliphatic rings. The minimum atomic E-state index is -2.40. The lowest BCUT2D eigenvalue weighted by Gasteiger charge is -2.46. The summed E-state index contributed by atoms with van der Waals surface area (Å²) < 4.78 is 44.4. The fourth-order valence-corrected chi connectivity index (χ4v) is 7.99. The highest BCUT2D eigenvalue weighted by Crippen LogP contribution is 2.34. The Labute approximate surface area is 421 Å². The third-order valence-electron chi connectivity index (χ3n) is 11.0. The molecule has 0 unspecified atom stereocenters. The summed E-state index contributed by atoms with van der Waals surface area (Å²) >= 11 is 1.56. The first-order valence-electron chi connectivity index (χ1n) is 24.5. The zero-order valence-corrected chi connectivity index (χ0v) is 42.1. The monoisotopic (exact) mass is 1020 g/mol. The van der Waals surface area contributed by atoms with Crippen LogP contribution in [-0.4, -0.2) is 197 Å². The highest BCUT2D eigenvalue weighted by molar-refractivity contribution is 7.99. The average molecular weight is 1020 g/mol. The van der Waals surface area contributed by atoms with E-state index < -0.39 is 67.0 Å². The van der Waals surface area contributed by atoms with E-state index in [0.717, 1.165) is 17.5 Å². The van der Waals surface area contributed by atoms with E-state index >= 15 is 0 Å². The van der Waals surface area contributed by atoms with Crippen molar-refractivity contribution >= 4 is 41.2 Å². The minimum Gasteiger partial charge on any atom is -0.477 e. The molecule has 0 radical (unpaired) electrons. The molecule has 0 aliphatic carbocycles. The van der Waals surface area contributed by atoms with Gasteiger partial charge >= 0.3 is 5.97 Å². The van der Waals surface area contributed by atoms with E-state index in [1.165, 1.54) is 6.92 Å². The van der Waals surface area contributed by atoms with Crippen molar-refractivity contribution in [2.24, 2.45) is 0 Å². The number of ketones is 1. The molecule has 0 aromatic heterocycles. The number of amides is 3. The number of aliphatic hydroxyl groups is 3. The van der Waals surface area contributed by atoms with Gasteiger partial charge in [-0.2, -0.15) is 11.8 Å². The predicted molar refractivity (Wildman–Crippen MR) is 264 cm³/mol. The Morgan fingerprint density at radius 3 is 1.92 bits per heavy atom. The van der Waals surface area contributed by atoms with Crippen LogP contribution in [0.4, 0.5) is 0 Å². The van der Waals surface area contributed by atoms with E-state index in [1.54, 1.807) is 36.0 Å². The number of hydrogen-bond donors (Lipinski definition) is 7. The number of aliphatic carboxylic acids is 1. The molecule has 7 N–H and O–H groups in total. The lowest BCUT2D eigenvalue weighted by atomic mass is 9.88. The molecule has 21 heteroatoms. The van der Waals surface area contributed by atoms with Crippen LogP contribution >= 0.6 is 11.8 Å². The maximum atomic E-state index is 12.9. The first kappa shape index (κ1) is 61.2. The van der Waals surface area contributed by atoms with E-state index in [0.29, 0.717) is 141 Å². The van der Waals surface area contributed by atoms with Crippen molar-refractivity contribution in [3.8, 4) is 11.1 Å². The van der Waals surface area contributed by atoms with Gasteiger partial charge in [0.2, 0.25) is 11.8 Å². The summed E-state index contributed by atoms with van der Waals surface area (Å²) in [6.07, 6.45) is -3.35. The normalized spacial score (nSPS) is 18.6. The maximum Gasteiger partial charge on any atom is 0.364 e. The van der Waals surface area contributed by atoms with Gasteiger partial charge in [0.1, 0.15) is 18.0 Å². The van der Waals surface area contributed by atoms with Crippen molar-refractivity contribution in [3.05, 3.63) is 60.2 Å². The van der Waals surface area contributed by atoms with E-state index in [9.17, 15) is 44.4 Å². The number of carboxylic acids is 1. The molecule has 1 heterocycles. The number of carbonyl (C=O) groups is 5. The molecule has 2 aromatic carbocycles. The predicted octanol–water partition coefficient (Wildman–Crippen LogP) is 2.53. The molecule has 0 bridgehead atoms. The number of ether oxygens (including phenoxy) is 8. The van der Waals surface area contributed by atoms with Gasteiger partial charge in [0.05, 0.1) is 90.9 Å². The number of hydrogen-bond acceptors (Lipinski definition) is 17. The summed E-state index contributed by atoms with van der Waals surface area (Å²) in [5.41, 5.74) is 2.17. The molecule has 3 amide bonds. The van der Waals surface area contributed by atoms with Crippen molar-refractivity contribution in [2.45, 2.75) is 101 Å². The van der Waals surface area contributed by atoms with E-state index in [-0.39, 0.29) is 18.3 Å². The van der Waals surface area contributed by atoms with Gasteiger partial charge in [0, 0.05) is 70.2 Å². The number of aliphatic hydroxyl groups excluding tert-OH is 3. The number of Topliss-reactive ketones (excluding diaryl/α,β-unsaturated/α-hetero) is 1. The Balaban J connectivity index is 1.18. The van der Waals surface area contributed by atoms with Gasteiger partial charge in [-0.05, 0) is 61.6 Å². The van der Waals surface area contributed by atoms with Gasteiger partial charge in [-0.25, -0.2) is 4.79 Å². The summed E-state index contributed by atoms with van der Waals surface area (Å²) in [5, 5.41) is 51.3. The Kier molecular flexibility index (Phi) is 31.7. The molecule has 2 aromatic rings. The number of nitrogens with one attached hydrogen (secondary N) is 3. The molecule has 400 valence electrons. The van der Waals surface area contributed by atoms with Crippen molar-refractivity contribution in [1.29, 1.82) is 0 Å². The van der Waals surface area contributed by atoms with Gasteiger partial charge in [-0.3, -0.25) is 19.2 Å². The van der Waals surface area contributed by atoms with Crippen molar-refractivity contribution in [3.63, 3.8) is 0 Å². The largest absolute Gasteiger partial charge is 0.477 e. The summed E-state index contributed by atoms with van der Waals surface area (Å²) in [5.74, 6) is -3.67. The summed E-state index contributed by atoms with van der Waals surface area (Å²) in [4.78, 5) is 61.3.